The van der Waals surface area contributed by atoms with Crippen molar-refractivity contribution < 1.29 is 23.9 Å². The van der Waals surface area contributed by atoms with Gasteiger partial charge in [-0.15, -0.1) is 0 Å². The first-order chi connectivity index (χ1) is 12.7. The molecule has 0 aliphatic carbocycles. The standard InChI is InChI=1S/C18H22Br2N2O5/c1-9(2)6-14(18-26-10(3)17(25)27-18)22-15(23)8-21-16(24)12-7-11(19)4-5-13(12)20/h4-5,7,9-10,14,18H,6,8H2,1-3H3,(H,21,24)(H,22,23)/t10-,14+,18?/m0/s1. The van der Waals surface area contributed by atoms with E-state index in [2.05, 4.69) is 42.5 Å². The number of rotatable bonds is 7. The number of carbonyl (C=O) groups is 3. The van der Waals surface area contributed by atoms with E-state index in [0.717, 1.165) is 4.47 Å². The molecule has 1 heterocycles. The zero-order valence-electron chi connectivity index (χ0n) is 15.3. The highest BCUT2D eigenvalue weighted by Crippen LogP contribution is 2.22. The molecule has 0 aromatic heterocycles. The molecule has 148 valence electrons. The average Bonchev–Trinajstić information content (AvgIpc) is 2.93. The Hall–Kier alpha value is -1.45. The minimum absolute atomic E-state index is 0.206. The summed E-state index contributed by atoms with van der Waals surface area (Å²) in [5.74, 6) is -0.966. The minimum Gasteiger partial charge on any atom is -0.432 e. The van der Waals surface area contributed by atoms with Gasteiger partial charge in [0, 0.05) is 8.95 Å². The molecule has 27 heavy (non-hydrogen) atoms. The van der Waals surface area contributed by atoms with Crippen LogP contribution in [0, 0.1) is 5.92 Å². The number of halogens is 2. The number of nitrogens with one attached hydrogen (secondary N) is 2. The van der Waals surface area contributed by atoms with E-state index in [1.54, 1.807) is 25.1 Å². The molecule has 1 saturated heterocycles. The van der Waals surface area contributed by atoms with Crippen LogP contribution in [0.5, 0.6) is 0 Å². The van der Waals surface area contributed by atoms with Crippen LogP contribution in [-0.2, 0) is 19.1 Å². The second kappa shape index (κ2) is 9.66. The Balaban J connectivity index is 1.94. The maximum atomic E-state index is 12.3. The molecule has 1 aromatic rings. The highest BCUT2D eigenvalue weighted by molar-refractivity contribution is 9.11. The molecule has 0 radical (unpaired) electrons. The van der Waals surface area contributed by atoms with Gasteiger partial charge in [0.25, 0.3) is 5.91 Å². The summed E-state index contributed by atoms with van der Waals surface area (Å²) < 4.78 is 12.0. The van der Waals surface area contributed by atoms with Crippen LogP contribution in [0.4, 0.5) is 0 Å². The van der Waals surface area contributed by atoms with Crippen molar-refractivity contribution in [1.82, 2.24) is 10.6 Å². The van der Waals surface area contributed by atoms with Crippen LogP contribution in [0.2, 0.25) is 0 Å². The van der Waals surface area contributed by atoms with Gasteiger partial charge >= 0.3 is 5.97 Å². The van der Waals surface area contributed by atoms with Gasteiger partial charge in [0.2, 0.25) is 12.2 Å². The molecule has 3 atom stereocenters. The van der Waals surface area contributed by atoms with Crippen molar-refractivity contribution in [2.75, 3.05) is 6.54 Å². The molecule has 2 rings (SSSR count). The Morgan fingerprint density at radius 2 is 1.96 bits per heavy atom. The summed E-state index contributed by atoms with van der Waals surface area (Å²) in [6, 6.07) is 4.71. The van der Waals surface area contributed by atoms with E-state index < -0.39 is 24.4 Å². The smallest absolute Gasteiger partial charge is 0.337 e. The van der Waals surface area contributed by atoms with Crippen molar-refractivity contribution in [3.8, 4) is 0 Å². The third-order valence-electron chi connectivity index (χ3n) is 3.89. The second-order valence-electron chi connectivity index (χ2n) is 6.69. The van der Waals surface area contributed by atoms with Crippen LogP contribution < -0.4 is 10.6 Å². The van der Waals surface area contributed by atoms with Gasteiger partial charge in [0.1, 0.15) is 0 Å². The summed E-state index contributed by atoms with van der Waals surface area (Å²) in [6.45, 7) is 5.38. The Kier molecular flexibility index (Phi) is 7.81. The largest absolute Gasteiger partial charge is 0.432 e. The Labute approximate surface area is 174 Å². The summed E-state index contributed by atoms with van der Waals surface area (Å²) in [6.07, 6.45) is -0.912. The number of hydrogen-bond donors (Lipinski definition) is 2. The van der Waals surface area contributed by atoms with E-state index in [-0.39, 0.29) is 24.3 Å². The van der Waals surface area contributed by atoms with Gasteiger partial charge < -0.3 is 20.1 Å². The fraction of sp³-hybridized carbons (Fsp3) is 0.500. The molecule has 7 nitrogen and oxygen atoms in total. The fourth-order valence-corrected chi connectivity index (χ4v) is 3.39. The lowest BCUT2D eigenvalue weighted by Crippen LogP contribution is -2.48. The quantitative estimate of drug-likeness (QED) is 0.556. The topological polar surface area (TPSA) is 93.7 Å². The van der Waals surface area contributed by atoms with Crippen LogP contribution in [0.15, 0.2) is 27.1 Å². The molecule has 2 N–H and O–H groups in total. The molecule has 9 heteroatoms. The van der Waals surface area contributed by atoms with Crippen molar-refractivity contribution in [1.29, 1.82) is 0 Å². The van der Waals surface area contributed by atoms with E-state index in [9.17, 15) is 14.4 Å². The lowest BCUT2D eigenvalue weighted by atomic mass is 10.0. The average molecular weight is 506 g/mol. The number of esters is 1. The summed E-state index contributed by atoms with van der Waals surface area (Å²) in [5, 5.41) is 5.37. The number of ether oxygens (including phenoxy) is 2. The van der Waals surface area contributed by atoms with Gasteiger partial charge in [0.05, 0.1) is 18.2 Å². The third kappa shape index (κ3) is 6.29. The van der Waals surface area contributed by atoms with Gasteiger partial charge in [0.15, 0.2) is 6.10 Å². The summed E-state index contributed by atoms with van der Waals surface area (Å²) in [4.78, 5) is 36.2. The predicted octanol–water partition coefficient (Wildman–Crippen LogP) is 2.76. The first kappa shape index (κ1) is 21.8. The number of benzene rings is 1. The van der Waals surface area contributed by atoms with Crippen LogP contribution in [0.3, 0.4) is 0 Å². The summed E-state index contributed by atoms with van der Waals surface area (Å²) in [7, 11) is 0. The zero-order valence-corrected chi connectivity index (χ0v) is 18.4. The van der Waals surface area contributed by atoms with E-state index in [1.807, 2.05) is 13.8 Å². The van der Waals surface area contributed by atoms with Crippen LogP contribution in [-0.4, -0.2) is 42.8 Å². The van der Waals surface area contributed by atoms with Gasteiger partial charge in [-0.05, 0) is 53.4 Å². The Morgan fingerprint density at radius 1 is 1.26 bits per heavy atom. The van der Waals surface area contributed by atoms with E-state index in [4.69, 9.17) is 9.47 Å². The molecule has 1 aliphatic rings. The van der Waals surface area contributed by atoms with Gasteiger partial charge in [-0.25, -0.2) is 4.79 Å². The fourth-order valence-electron chi connectivity index (χ4n) is 2.60. The molecule has 0 spiro atoms. The maximum absolute atomic E-state index is 12.3. The molecule has 1 aliphatic heterocycles. The monoisotopic (exact) mass is 504 g/mol. The molecular weight excluding hydrogens is 484 g/mol. The number of cyclic esters (lactones) is 1. The summed E-state index contributed by atoms with van der Waals surface area (Å²) >= 11 is 6.63. The van der Waals surface area contributed by atoms with Gasteiger partial charge in [-0.1, -0.05) is 29.8 Å². The summed E-state index contributed by atoms with van der Waals surface area (Å²) in [5.41, 5.74) is 0.415. The van der Waals surface area contributed by atoms with Crippen LogP contribution in [0.1, 0.15) is 37.6 Å². The maximum Gasteiger partial charge on any atom is 0.337 e. The minimum atomic E-state index is -0.825. The van der Waals surface area contributed by atoms with Crippen molar-refractivity contribution in [3.63, 3.8) is 0 Å². The highest BCUT2D eigenvalue weighted by Gasteiger charge is 2.38. The molecule has 1 fully saturated rings. The lowest BCUT2D eigenvalue weighted by molar-refractivity contribution is -0.147. The SMILES string of the molecule is CC(C)C[C@@H](NC(=O)CNC(=O)c1cc(Br)ccc1Br)C1OC(=O)[C@H](C)O1. The second-order valence-corrected chi connectivity index (χ2v) is 8.46. The normalized spacial score (nSPS) is 20.3. The number of amides is 2. The Bertz CT molecular complexity index is 726. The molecular formula is C18H22Br2N2O5. The van der Waals surface area contributed by atoms with E-state index >= 15 is 0 Å². The van der Waals surface area contributed by atoms with Gasteiger partial charge in [-0.2, -0.15) is 0 Å². The van der Waals surface area contributed by atoms with Crippen molar-refractivity contribution >= 4 is 49.6 Å². The van der Waals surface area contributed by atoms with E-state index in [0.29, 0.717) is 16.5 Å². The van der Waals surface area contributed by atoms with E-state index in [1.165, 1.54) is 0 Å². The molecule has 0 bridgehead atoms. The van der Waals surface area contributed by atoms with Crippen molar-refractivity contribution in [2.24, 2.45) is 5.92 Å². The van der Waals surface area contributed by atoms with Crippen LogP contribution >= 0.6 is 31.9 Å². The van der Waals surface area contributed by atoms with Crippen LogP contribution in [0.25, 0.3) is 0 Å². The third-order valence-corrected chi connectivity index (χ3v) is 5.07. The molecule has 2 amide bonds. The first-order valence-corrected chi connectivity index (χ1v) is 10.1. The molecule has 0 saturated carbocycles. The van der Waals surface area contributed by atoms with Gasteiger partial charge in [-0.3, -0.25) is 9.59 Å². The Morgan fingerprint density at radius 3 is 2.56 bits per heavy atom. The lowest BCUT2D eigenvalue weighted by Gasteiger charge is -2.24. The highest BCUT2D eigenvalue weighted by atomic mass is 79.9. The number of carbonyl (C=O) groups excluding carboxylic acids is 3. The number of hydrogen-bond acceptors (Lipinski definition) is 5. The molecule has 1 unspecified atom stereocenters. The molecule has 1 aromatic carbocycles. The zero-order chi connectivity index (χ0) is 20.1. The van der Waals surface area contributed by atoms with Crippen molar-refractivity contribution in [2.45, 2.75) is 45.6 Å². The first-order valence-electron chi connectivity index (χ1n) is 8.56. The van der Waals surface area contributed by atoms with Crippen molar-refractivity contribution in [3.05, 3.63) is 32.7 Å². The predicted molar refractivity (Wildman–Crippen MR) is 106 cm³/mol.